The first-order chi connectivity index (χ1) is 10.7. The molecule has 0 spiro atoms. The Morgan fingerprint density at radius 3 is 2.82 bits per heavy atom. The summed E-state index contributed by atoms with van der Waals surface area (Å²) < 4.78 is 0.845. The van der Waals surface area contributed by atoms with Crippen LogP contribution in [0.15, 0.2) is 39.5 Å². The summed E-state index contributed by atoms with van der Waals surface area (Å²) in [6.07, 6.45) is 0. The van der Waals surface area contributed by atoms with Gasteiger partial charge in [0.1, 0.15) is 5.51 Å². The highest BCUT2D eigenvalue weighted by atomic mass is 35.5. The van der Waals surface area contributed by atoms with Crippen LogP contribution in [-0.2, 0) is 4.79 Å². The summed E-state index contributed by atoms with van der Waals surface area (Å²) in [4.78, 5) is 16.3. The molecule has 9 heteroatoms. The fraction of sp³-hybridized carbons (Fsp3) is 0.0769. The molecule has 0 bridgehead atoms. The third-order valence-corrected chi connectivity index (χ3v) is 5.44. The minimum atomic E-state index is -0.120. The summed E-state index contributed by atoms with van der Waals surface area (Å²) in [6, 6.07) is 7.51. The van der Waals surface area contributed by atoms with Gasteiger partial charge < -0.3 is 0 Å². The predicted molar refractivity (Wildman–Crippen MR) is 91.8 cm³/mol. The van der Waals surface area contributed by atoms with E-state index in [0.29, 0.717) is 10.2 Å². The Morgan fingerprint density at radius 2 is 2.09 bits per heavy atom. The van der Waals surface area contributed by atoms with E-state index in [1.165, 1.54) is 34.4 Å². The number of thioether (sulfide) groups is 1. The molecule has 3 aromatic rings. The first kappa shape index (κ1) is 15.4. The van der Waals surface area contributed by atoms with Gasteiger partial charge in [0.15, 0.2) is 4.34 Å². The van der Waals surface area contributed by atoms with Gasteiger partial charge >= 0.3 is 0 Å². The number of nitrogens with zero attached hydrogens (tertiary/aromatic N) is 3. The van der Waals surface area contributed by atoms with Crippen molar-refractivity contribution in [2.75, 3.05) is 11.1 Å². The van der Waals surface area contributed by atoms with Crippen LogP contribution < -0.4 is 5.32 Å². The number of amides is 1. The minimum Gasteiger partial charge on any atom is -0.300 e. The molecule has 1 amide bonds. The molecular formula is C13H9ClN4OS3. The van der Waals surface area contributed by atoms with Gasteiger partial charge in [-0.3, -0.25) is 10.1 Å². The van der Waals surface area contributed by atoms with E-state index in [0.717, 1.165) is 15.6 Å². The molecule has 112 valence electrons. The molecule has 0 aliphatic rings. The molecule has 2 heterocycles. The van der Waals surface area contributed by atoms with Crippen molar-refractivity contribution in [2.45, 2.75) is 4.34 Å². The van der Waals surface area contributed by atoms with Gasteiger partial charge in [-0.15, -0.1) is 21.5 Å². The van der Waals surface area contributed by atoms with E-state index < -0.39 is 0 Å². The molecule has 3 rings (SSSR count). The lowest BCUT2D eigenvalue weighted by Crippen LogP contribution is -2.13. The van der Waals surface area contributed by atoms with Gasteiger partial charge in [0.05, 0.1) is 11.4 Å². The van der Waals surface area contributed by atoms with E-state index in [-0.39, 0.29) is 11.7 Å². The Labute approximate surface area is 143 Å². The van der Waals surface area contributed by atoms with Crippen molar-refractivity contribution in [1.82, 2.24) is 15.2 Å². The highest BCUT2D eigenvalue weighted by Gasteiger charge is 2.09. The molecule has 0 saturated heterocycles. The van der Waals surface area contributed by atoms with Gasteiger partial charge in [0.2, 0.25) is 11.0 Å². The van der Waals surface area contributed by atoms with E-state index in [4.69, 9.17) is 11.6 Å². The number of nitrogens with one attached hydrogen (secondary N) is 1. The maximum atomic E-state index is 11.8. The molecule has 22 heavy (non-hydrogen) atoms. The second-order valence-electron chi connectivity index (χ2n) is 4.09. The number of aromatic nitrogens is 3. The van der Waals surface area contributed by atoms with Crippen molar-refractivity contribution in [3.8, 4) is 11.3 Å². The third kappa shape index (κ3) is 4.04. The molecule has 0 atom stereocenters. The maximum absolute atomic E-state index is 11.8. The number of hydrogen-bond acceptors (Lipinski definition) is 7. The summed E-state index contributed by atoms with van der Waals surface area (Å²) in [6.45, 7) is 0. The first-order valence-electron chi connectivity index (χ1n) is 6.11. The lowest BCUT2D eigenvalue weighted by Gasteiger charge is -1.99. The smallest absolute Gasteiger partial charge is 0.236 e. The summed E-state index contributed by atoms with van der Waals surface area (Å²) in [5.41, 5.74) is 3.46. The topological polar surface area (TPSA) is 67.8 Å². The average molecular weight is 369 g/mol. The molecule has 0 aliphatic carbocycles. The second kappa shape index (κ2) is 7.19. The zero-order chi connectivity index (χ0) is 15.4. The number of thiazole rings is 1. The van der Waals surface area contributed by atoms with Crippen LogP contribution in [-0.4, -0.2) is 26.8 Å². The zero-order valence-corrected chi connectivity index (χ0v) is 14.2. The summed E-state index contributed by atoms with van der Waals surface area (Å²) in [7, 11) is 0. The van der Waals surface area contributed by atoms with Gasteiger partial charge in [-0.25, -0.2) is 4.98 Å². The van der Waals surface area contributed by atoms with Crippen molar-refractivity contribution in [3.05, 3.63) is 40.2 Å². The molecule has 1 N–H and O–H groups in total. The van der Waals surface area contributed by atoms with Crippen molar-refractivity contribution < 1.29 is 4.79 Å². The van der Waals surface area contributed by atoms with Gasteiger partial charge in [-0.05, 0) is 12.1 Å². The van der Waals surface area contributed by atoms with E-state index in [1.54, 1.807) is 5.51 Å². The van der Waals surface area contributed by atoms with Crippen molar-refractivity contribution in [2.24, 2.45) is 0 Å². The van der Waals surface area contributed by atoms with Gasteiger partial charge in [0.25, 0.3) is 0 Å². The predicted octanol–water partition coefficient (Wildman–Crippen LogP) is 4.05. The van der Waals surface area contributed by atoms with E-state index >= 15 is 0 Å². The second-order valence-corrected chi connectivity index (χ2v) is 7.44. The molecule has 5 nitrogen and oxygen atoms in total. The van der Waals surface area contributed by atoms with Crippen molar-refractivity contribution in [1.29, 1.82) is 0 Å². The highest BCUT2D eigenvalue weighted by molar-refractivity contribution is 8.01. The molecule has 0 unspecified atom stereocenters. The summed E-state index contributed by atoms with van der Waals surface area (Å²) in [5.74, 6) is 0.164. The first-order valence-corrected chi connectivity index (χ1v) is 9.23. The van der Waals surface area contributed by atoms with Crippen molar-refractivity contribution >= 4 is 57.1 Å². The van der Waals surface area contributed by atoms with E-state index in [9.17, 15) is 4.79 Å². The van der Waals surface area contributed by atoms with E-state index in [1.807, 2.05) is 29.6 Å². The zero-order valence-electron chi connectivity index (χ0n) is 11.0. The number of rotatable bonds is 5. The fourth-order valence-electron chi connectivity index (χ4n) is 1.59. The van der Waals surface area contributed by atoms with Crippen LogP contribution in [0.3, 0.4) is 0 Å². The summed E-state index contributed by atoms with van der Waals surface area (Å²) in [5, 5.41) is 13.3. The molecular weight excluding hydrogens is 360 g/mol. The van der Waals surface area contributed by atoms with Crippen LogP contribution in [0.4, 0.5) is 5.13 Å². The van der Waals surface area contributed by atoms with Crippen molar-refractivity contribution in [3.63, 3.8) is 0 Å². The normalized spacial score (nSPS) is 10.6. The molecule has 0 radical (unpaired) electrons. The Morgan fingerprint density at radius 1 is 1.27 bits per heavy atom. The SMILES string of the molecule is O=C(CSc1nc(-c2ccc(Cl)cc2)cs1)Nc1nncs1. The molecule has 0 aliphatic heterocycles. The Balaban J connectivity index is 1.57. The lowest BCUT2D eigenvalue weighted by molar-refractivity contribution is -0.113. The number of hydrogen-bond donors (Lipinski definition) is 1. The van der Waals surface area contributed by atoms with Crippen LogP contribution >= 0.6 is 46.0 Å². The Bertz CT molecular complexity index is 758. The minimum absolute atomic E-state index is 0.120. The maximum Gasteiger partial charge on any atom is 0.236 e. The Hall–Kier alpha value is -1.48. The number of carbonyl (C=O) groups is 1. The number of carbonyl (C=O) groups excluding carboxylic acids is 1. The number of benzene rings is 1. The average Bonchev–Trinajstić information content (AvgIpc) is 3.17. The van der Waals surface area contributed by atoms with Crippen LogP contribution in [0.1, 0.15) is 0 Å². The van der Waals surface area contributed by atoms with Crippen LogP contribution in [0, 0.1) is 0 Å². The monoisotopic (exact) mass is 368 g/mol. The third-order valence-electron chi connectivity index (χ3n) is 2.56. The fourth-order valence-corrected chi connectivity index (χ4v) is 3.81. The standard InChI is InChI=1S/C13H9ClN4OS3/c14-9-3-1-8(2-4-9)10-5-20-13(16-10)21-6-11(19)17-12-18-15-7-22-12/h1-5,7H,6H2,(H,17,18,19). The molecule has 0 fully saturated rings. The highest BCUT2D eigenvalue weighted by Crippen LogP contribution is 2.29. The van der Waals surface area contributed by atoms with Crippen LogP contribution in [0.2, 0.25) is 5.02 Å². The van der Waals surface area contributed by atoms with Crippen LogP contribution in [0.5, 0.6) is 0 Å². The van der Waals surface area contributed by atoms with Gasteiger partial charge in [0, 0.05) is 16.0 Å². The number of halogens is 1. The Kier molecular flexibility index (Phi) is 5.04. The van der Waals surface area contributed by atoms with Crippen LogP contribution in [0.25, 0.3) is 11.3 Å². The summed E-state index contributed by atoms with van der Waals surface area (Å²) >= 11 is 10.1. The van der Waals surface area contributed by atoms with Gasteiger partial charge in [-0.1, -0.05) is 46.8 Å². The lowest BCUT2D eigenvalue weighted by atomic mass is 10.2. The number of anilines is 1. The molecule has 1 aromatic carbocycles. The van der Waals surface area contributed by atoms with E-state index in [2.05, 4.69) is 20.5 Å². The van der Waals surface area contributed by atoms with Gasteiger partial charge in [-0.2, -0.15) is 0 Å². The largest absolute Gasteiger partial charge is 0.300 e. The molecule has 0 saturated carbocycles. The molecule has 2 aromatic heterocycles. The quantitative estimate of drug-likeness (QED) is 0.688.